The molecule has 0 radical (unpaired) electrons. The maximum Gasteiger partial charge on any atom is 0.200 e. The lowest BCUT2D eigenvalue weighted by atomic mass is 9.43. The second-order valence-electron chi connectivity index (χ2n) is 8.06. The number of hydrogen-bond acceptors (Lipinski definition) is 2. The van der Waals surface area contributed by atoms with Gasteiger partial charge in [-0.3, -0.25) is 4.79 Å². The first-order chi connectivity index (χ1) is 11.5. The minimum Gasteiger partial charge on any atom is -0.373 e. The molecule has 0 aromatic heterocycles. The SMILES string of the molecule is CC1(C)C[C@@H]2c3ccccc3C3=C(C(=O)C3(O)c3ccccc3)[C@@H]21. The van der Waals surface area contributed by atoms with Gasteiger partial charge in [0, 0.05) is 11.1 Å². The minimum absolute atomic E-state index is 0.0963. The second-order valence-corrected chi connectivity index (χ2v) is 8.06. The average molecular weight is 316 g/mol. The molecule has 120 valence electrons. The molecule has 1 saturated carbocycles. The van der Waals surface area contributed by atoms with Crippen LogP contribution < -0.4 is 0 Å². The number of Topliss-reactive ketones (excluding diaryl/α,β-unsaturated/α-hetero) is 1. The van der Waals surface area contributed by atoms with E-state index in [4.69, 9.17) is 0 Å². The van der Waals surface area contributed by atoms with Crippen LogP contribution >= 0.6 is 0 Å². The molecule has 3 aliphatic carbocycles. The Hall–Kier alpha value is -2.19. The van der Waals surface area contributed by atoms with Crippen LogP contribution in [0.2, 0.25) is 0 Å². The summed E-state index contributed by atoms with van der Waals surface area (Å²) >= 11 is 0. The molecule has 2 aromatic carbocycles. The molecule has 0 heterocycles. The van der Waals surface area contributed by atoms with Gasteiger partial charge in [0.15, 0.2) is 11.4 Å². The molecule has 1 fully saturated rings. The smallest absolute Gasteiger partial charge is 0.200 e. The molecule has 2 heteroatoms. The van der Waals surface area contributed by atoms with Crippen molar-refractivity contribution in [3.8, 4) is 0 Å². The maximum absolute atomic E-state index is 13.1. The van der Waals surface area contributed by atoms with Crippen LogP contribution in [-0.4, -0.2) is 10.9 Å². The Morgan fingerprint density at radius 3 is 2.38 bits per heavy atom. The van der Waals surface area contributed by atoms with Crippen molar-refractivity contribution in [1.29, 1.82) is 0 Å². The van der Waals surface area contributed by atoms with Crippen LogP contribution in [0.15, 0.2) is 60.2 Å². The molecule has 0 amide bonds. The molecule has 0 bridgehead atoms. The molecule has 24 heavy (non-hydrogen) atoms. The summed E-state index contributed by atoms with van der Waals surface area (Å²) in [5, 5.41) is 11.4. The highest BCUT2D eigenvalue weighted by atomic mass is 16.3. The van der Waals surface area contributed by atoms with E-state index in [0.717, 1.165) is 23.1 Å². The van der Waals surface area contributed by atoms with Crippen LogP contribution in [0, 0.1) is 11.3 Å². The first-order valence-corrected chi connectivity index (χ1v) is 8.63. The van der Waals surface area contributed by atoms with Gasteiger partial charge in [0.2, 0.25) is 0 Å². The lowest BCUT2D eigenvalue weighted by Gasteiger charge is -2.60. The van der Waals surface area contributed by atoms with E-state index in [0.29, 0.717) is 11.5 Å². The fraction of sp³-hybridized carbons (Fsp3) is 0.318. The van der Waals surface area contributed by atoms with Gasteiger partial charge in [0.1, 0.15) is 0 Å². The van der Waals surface area contributed by atoms with Crippen molar-refractivity contribution >= 4 is 11.4 Å². The summed E-state index contributed by atoms with van der Waals surface area (Å²) in [5.41, 5.74) is 3.40. The highest BCUT2D eigenvalue weighted by Gasteiger charge is 2.65. The van der Waals surface area contributed by atoms with E-state index in [1.807, 2.05) is 36.4 Å². The Morgan fingerprint density at radius 2 is 1.67 bits per heavy atom. The fourth-order valence-electron chi connectivity index (χ4n) is 5.27. The van der Waals surface area contributed by atoms with Crippen LogP contribution in [0.4, 0.5) is 0 Å². The molecular weight excluding hydrogens is 296 g/mol. The number of hydrogen-bond donors (Lipinski definition) is 1. The summed E-state index contributed by atoms with van der Waals surface area (Å²) in [7, 11) is 0. The van der Waals surface area contributed by atoms with Gasteiger partial charge in [0.05, 0.1) is 0 Å². The zero-order valence-electron chi connectivity index (χ0n) is 13.9. The third-order valence-corrected chi connectivity index (χ3v) is 6.33. The van der Waals surface area contributed by atoms with E-state index in [1.54, 1.807) is 0 Å². The molecule has 2 nitrogen and oxygen atoms in total. The number of carbonyl (C=O) groups is 1. The average Bonchev–Trinajstić information content (AvgIpc) is 2.60. The molecule has 1 unspecified atom stereocenters. The van der Waals surface area contributed by atoms with E-state index < -0.39 is 5.60 Å². The van der Waals surface area contributed by atoms with Gasteiger partial charge in [0.25, 0.3) is 0 Å². The standard InChI is InChI=1S/C22H20O2/c1-21(2)12-16-14-10-6-7-11-15(14)19-17(18(16)21)20(23)22(19,24)13-8-4-3-5-9-13/h3-11,16,18,24H,12H2,1-2H3/t16-,18-,22?/m1/s1. The highest BCUT2D eigenvalue weighted by Crippen LogP contribution is 2.68. The predicted molar refractivity (Wildman–Crippen MR) is 93.3 cm³/mol. The van der Waals surface area contributed by atoms with Gasteiger partial charge < -0.3 is 5.11 Å². The Balaban J connectivity index is 1.78. The molecule has 0 saturated heterocycles. The lowest BCUT2D eigenvalue weighted by molar-refractivity contribution is -0.135. The zero-order valence-corrected chi connectivity index (χ0v) is 13.9. The van der Waals surface area contributed by atoms with Gasteiger partial charge >= 0.3 is 0 Å². The monoisotopic (exact) mass is 316 g/mol. The first-order valence-electron chi connectivity index (χ1n) is 8.63. The van der Waals surface area contributed by atoms with Crippen LogP contribution in [0.1, 0.15) is 42.9 Å². The van der Waals surface area contributed by atoms with Crippen LogP contribution in [0.5, 0.6) is 0 Å². The summed E-state index contributed by atoms with van der Waals surface area (Å²) in [6.07, 6.45) is 1.10. The minimum atomic E-state index is -1.48. The predicted octanol–water partition coefficient (Wildman–Crippen LogP) is 4.05. The van der Waals surface area contributed by atoms with E-state index in [9.17, 15) is 9.90 Å². The van der Waals surface area contributed by atoms with Crippen molar-refractivity contribution in [2.45, 2.75) is 31.8 Å². The summed E-state index contributed by atoms with van der Waals surface area (Å²) in [4.78, 5) is 13.1. The maximum atomic E-state index is 13.1. The van der Waals surface area contributed by atoms with E-state index in [-0.39, 0.29) is 17.1 Å². The Morgan fingerprint density at radius 1 is 1.00 bits per heavy atom. The first kappa shape index (κ1) is 14.2. The summed E-state index contributed by atoms with van der Waals surface area (Å²) in [6.45, 7) is 4.47. The Bertz CT molecular complexity index is 907. The summed E-state index contributed by atoms with van der Waals surface area (Å²) in [6, 6.07) is 17.7. The number of ketones is 1. The van der Waals surface area contributed by atoms with Gasteiger partial charge in [-0.15, -0.1) is 0 Å². The van der Waals surface area contributed by atoms with Crippen LogP contribution in [0.25, 0.3) is 5.57 Å². The molecule has 0 spiro atoms. The van der Waals surface area contributed by atoms with Crippen molar-refractivity contribution in [2.24, 2.45) is 11.3 Å². The van der Waals surface area contributed by atoms with Crippen molar-refractivity contribution < 1.29 is 9.90 Å². The van der Waals surface area contributed by atoms with Gasteiger partial charge in [-0.05, 0) is 40.4 Å². The molecule has 3 aliphatic rings. The van der Waals surface area contributed by atoms with Crippen molar-refractivity contribution in [3.05, 3.63) is 76.9 Å². The van der Waals surface area contributed by atoms with E-state index >= 15 is 0 Å². The third kappa shape index (κ3) is 1.44. The fourth-order valence-corrected chi connectivity index (χ4v) is 5.27. The van der Waals surface area contributed by atoms with Crippen LogP contribution in [0.3, 0.4) is 0 Å². The van der Waals surface area contributed by atoms with Crippen LogP contribution in [-0.2, 0) is 10.4 Å². The van der Waals surface area contributed by atoms with E-state index in [2.05, 4.69) is 32.0 Å². The highest BCUT2D eigenvalue weighted by molar-refractivity contribution is 6.26. The van der Waals surface area contributed by atoms with E-state index in [1.165, 1.54) is 5.56 Å². The molecule has 3 atom stereocenters. The van der Waals surface area contributed by atoms with Crippen molar-refractivity contribution in [3.63, 3.8) is 0 Å². The molecular formula is C22H20O2. The topological polar surface area (TPSA) is 37.3 Å². The Labute approximate surface area is 141 Å². The normalized spacial score (nSPS) is 32.2. The second kappa shape index (κ2) is 4.25. The zero-order chi connectivity index (χ0) is 16.7. The summed E-state index contributed by atoms with van der Waals surface area (Å²) < 4.78 is 0. The van der Waals surface area contributed by atoms with Gasteiger partial charge in [-0.1, -0.05) is 68.4 Å². The number of benzene rings is 2. The third-order valence-electron chi connectivity index (χ3n) is 6.33. The number of aliphatic hydroxyl groups is 1. The number of fused-ring (bicyclic) bond motifs is 5. The molecule has 5 rings (SSSR count). The van der Waals surface area contributed by atoms with Gasteiger partial charge in [-0.25, -0.2) is 0 Å². The quantitative estimate of drug-likeness (QED) is 0.861. The molecule has 2 aromatic rings. The number of rotatable bonds is 1. The lowest BCUT2D eigenvalue weighted by Crippen LogP contribution is -2.58. The Kier molecular flexibility index (Phi) is 2.51. The largest absolute Gasteiger partial charge is 0.373 e. The molecule has 0 aliphatic heterocycles. The van der Waals surface area contributed by atoms with Crippen molar-refractivity contribution in [1.82, 2.24) is 0 Å². The summed E-state index contributed by atoms with van der Waals surface area (Å²) in [5.74, 6) is 0.555. The molecule has 1 N–H and O–H groups in total. The van der Waals surface area contributed by atoms with Crippen molar-refractivity contribution in [2.75, 3.05) is 0 Å². The number of carbonyl (C=O) groups excluding carboxylic acids is 1. The van der Waals surface area contributed by atoms with Gasteiger partial charge in [-0.2, -0.15) is 0 Å².